The number of ketones is 2. The fourth-order valence-corrected chi connectivity index (χ4v) is 5.58. The predicted molar refractivity (Wildman–Crippen MR) is 122 cm³/mol. The number of hydrogen-bond donors (Lipinski definition) is 6. The van der Waals surface area contributed by atoms with Gasteiger partial charge in [0.1, 0.15) is 22.8 Å². The smallest absolute Gasteiger partial charge is 1.00 e. The van der Waals surface area contributed by atoms with Crippen LogP contribution in [0, 0.1) is 11.8 Å². The Morgan fingerprint density at radius 1 is 1.18 bits per heavy atom. The van der Waals surface area contributed by atoms with Gasteiger partial charge < -0.3 is 39.6 Å². The molecule has 1 saturated carbocycles. The summed E-state index contributed by atoms with van der Waals surface area (Å²) < 4.78 is 0. The van der Waals surface area contributed by atoms with Crippen molar-refractivity contribution < 1.29 is 48.2 Å². The van der Waals surface area contributed by atoms with E-state index in [1.54, 1.807) is 19.1 Å². The summed E-state index contributed by atoms with van der Waals surface area (Å²) in [7, 11) is 2.92. The van der Waals surface area contributed by atoms with Crippen LogP contribution in [0.2, 0.25) is 0 Å². The van der Waals surface area contributed by atoms with Crippen molar-refractivity contribution in [2.45, 2.75) is 30.6 Å². The third kappa shape index (κ3) is 3.28. The van der Waals surface area contributed by atoms with Crippen LogP contribution in [0.4, 0.5) is 0 Å². The van der Waals surface area contributed by atoms with E-state index in [-0.39, 0.29) is 42.7 Å². The largest absolute Gasteiger partial charge is 2.00 e. The molecule has 3 aliphatic carbocycles. The number of Topliss-reactive ketones (excluding diaryl/α,β-unsaturated/α-hetero) is 2. The summed E-state index contributed by atoms with van der Waals surface area (Å²) >= 11 is 0. The monoisotopic (exact) mass is 488 g/mol. The van der Waals surface area contributed by atoms with E-state index >= 15 is 0 Å². The number of phenols is 1. The first kappa shape index (κ1) is 27.8. The number of aliphatic hydroxyl groups excluding tert-OH is 3. The molecule has 0 saturated heterocycles. The number of primary amides is 1. The van der Waals surface area contributed by atoms with E-state index < -0.39 is 75.6 Å². The van der Waals surface area contributed by atoms with Crippen molar-refractivity contribution in [1.82, 2.24) is 4.90 Å². The molecule has 1 amide bonds. The third-order valence-corrected chi connectivity index (χ3v) is 6.99. The number of likely N-dealkylation sites (N-methyl/N-ethyl adjacent to an activating group) is 1. The SMILES string of the molecule is C[C@H]1c2cccc(O)c2C(O)=C2C(=O)[C@]3(O)C(O)=C(C(N)=O)C(=O)[C@@H](N(C)C)[C@@H]3[C@@H](O)[C@@H]21.O.[H-].[H-].[Mg+2]. The fraction of sp³-hybridized carbons (Fsp3) is 0.409. The summed E-state index contributed by atoms with van der Waals surface area (Å²) in [6.07, 6.45) is -1.59. The number of aliphatic hydroxyl groups is 4. The zero-order valence-electron chi connectivity index (χ0n) is 20.8. The number of phenolic OH excluding ortho intramolecular Hbond substituents is 1. The second-order valence-corrected chi connectivity index (χ2v) is 8.79. The van der Waals surface area contributed by atoms with Crippen molar-refractivity contribution in [2.24, 2.45) is 17.6 Å². The van der Waals surface area contributed by atoms with E-state index in [1.165, 1.54) is 25.1 Å². The first-order valence-corrected chi connectivity index (χ1v) is 10.0. The molecule has 34 heavy (non-hydrogen) atoms. The molecule has 0 bridgehead atoms. The summed E-state index contributed by atoms with van der Waals surface area (Å²) in [6, 6.07) is 3.13. The van der Waals surface area contributed by atoms with Gasteiger partial charge in [-0.1, -0.05) is 19.1 Å². The van der Waals surface area contributed by atoms with Crippen molar-refractivity contribution >= 4 is 46.3 Å². The molecule has 0 heterocycles. The van der Waals surface area contributed by atoms with Crippen molar-refractivity contribution in [2.75, 3.05) is 14.1 Å². The minimum Gasteiger partial charge on any atom is -1.00 e. The van der Waals surface area contributed by atoms with Crippen LogP contribution in [0.25, 0.3) is 5.76 Å². The molecule has 6 atom stereocenters. The Bertz CT molecular complexity index is 1160. The van der Waals surface area contributed by atoms with Crippen LogP contribution >= 0.6 is 0 Å². The van der Waals surface area contributed by atoms with Gasteiger partial charge in [-0.15, -0.1) is 0 Å². The Morgan fingerprint density at radius 3 is 2.29 bits per heavy atom. The molecular weight excluding hydrogens is 461 g/mol. The number of carbonyl (C=O) groups excluding carboxylic acids is 3. The van der Waals surface area contributed by atoms with Gasteiger partial charge in [-0.3, -0.25) is 19.3 Å². The van der Waals surface area contributed by atoms with Crippen LogP contribution in [-0.2, 0) is 14.4 Å². The van der Waals surface area contributed by atoms with Gasteiger partial charge in [-0.05, 0) is 31.6 Å². The average Bonchev–Trinajstić information content (AvgIpc) is 2.70. The molecule has 4 rings (SSSR count). The third-order valence-electron chi connectivity index (χ3n) is 6.99. The van der Waals surface area contributed by atoms with Crippen molar-refractivity contribution in [1.29, 1.82) is 0 Å². The van der Waals surface area contributed by atoms with Gasteiger partial charge in [0.2, 0.25) is 5.78 Å². The maximum atomic E-state index is 13.7. The van der Waals surface area contributed by atoms with Crippen LogP contribution < -0.4 is 5.73 Å². The number of benzene rings is 1. The molecule has 0 radical (unpaired) electrons. The Kier molecular flexibility index (Phi) is 7.30. The van der Waals surface area contributed by atoms with Gasteiger partial charge in [0, 0.05) is 11.5 Å². The maximum absolute atomic E-state index is 13.7. The molecule has 0 unspecified atom stereocenters. The molecule has 3 aliphatic rings. The Morgan fingerprint density at radius 2 is 1.76 bits per heavy atom. The van der Waals surface area contributed by atoms with Crippen molar-refractivity contribution in [3.05, 3.63) is 46.2 Å². The summed E-state index contributed by atoms with van der Waals surface area (Å²) in [6.45, 7) is 1.68. The standard InChI is InChI=1S/C22H24N2O8.Mg.H2O.2H/c1-7-8-5-4-6-9(25)11(8)16(26)12-10(7)17(27)14-15(24(2)3)18(28)13(21(23)31)20(30)22(14,32)19(12)29;;;;/h4-7,10,14-15,17,25-27,30,32H,1-3H3,(H2,23,31);;1H2;;/q;+2;;2*-1/t7-,10+,14+,15-,17-,22-;;;;/m0..../s1. The summed E-state index contributed by atoms with van der Waals surface area (Å²) in [5.74, 6) is -8.87. The Hall–Kier alpha value is -2.48. The molecule has 12 heteroatoms. The number of amides is 1. The van der Waals surface area contributed by atoms with Gasteiger partial charge in [0.25, 0.3) is 5.91 Å². The normalized spacial score (nSPS) is 32.4. The number of hydrogen-bond acceptors (Lipinski definition) is 9. The van der Waals surface area contributed by atoms with E-state index in [0.29, 0.717) is 5.56 Å². The summed E-state index contributed by atoms with van der Waals surface area (Å²) in [5.41, 5.74) is 1.47. The van der Waals surface area contributed by atoms with Crippen molar-refractivity contribution in [3.8, 4) is 5.75 Å². The van der Waals surface area contributed by atoms with Crippen LogP contribution in [-0.4, -0.2) is 108 Å². The van der Waals surface area contributed by atoms with Crippen LogP contribution in [0.1, 0.15) is 26.8 Å². The first-order chi connectivity index (χ1) is 14.9. The zero-order chi connectivity index (χ0) is 23.9. The molecule has 0 aliphatic heterocycles. The quantitative estimate of drug-likeness (QED) is 0.211. The maximum Gasteiger partial charge on any atom is 2.00 e. The second kappa shape index (κ2) is 8.95. The van der Waals surface area contributed by atoms with E-state index in [4.69, 9.17) is 5.73 Å². The van der Waals surface area contributed by atoms with Gasteiger partial charge in [0.15, 0.2) is 11.4 Å². The second-order valence-electron chi connectivity index (χ2n) is 8.79. The molecule has 0 spiro atoms. The first-order valence-electron chi connectivity index (χ1n) is 10.0. The van der Waals surface area contributed by atoms with E-state index in [9.17, 15) is 39.9 Å². The number of carbonyl (C=O) groups is 3. The van der Waals surface area contributed by atoms with E-state index in [2.05, 4.69) is 0 Å². The van der Waals surface area contributed by atoms with Gasteiger partial charge >= 0.3 is 23.1 Å². The summed E-state index contributed by atoms with van der Waals surface area (Å²) in [5, 5.41) is 54.9. The molecule has 1 aromatic rings. The van der Waals surface area contributed by atoms with Crippen LogP contribution in [0.5, 0.6) is 5.75 Å². The van der Waals surface area contributed by atoms with Gasteiger partial charge in [-0.25, -0.2) is 0 Å². The molecule has 182 valence electrons. The van der Waals surface area contributed by atoms with E-state index in [1.807, 2.05) is 0 Å². The number of fused-ring (bicyclic) bond motifs is 3. The zero-order valence-corrected chi connectivity index (χ0v) is 20.2. The molecule has 1 aromatic carbocycles. The predicted octanol–water partition coefficient (Wildman–Crippen LogP) is -1.48. The number of aromatic hydroxyl groups is 1. The summed E-state index contributed by atoms with van der Waals surface area (Å²) in [4.78, 5) is 40.0. The van der Waals surface area contributed by atoms with Crippen LogP contribution in [0.15, 0.2) is 35.1 Å². The number of rotatable bonds is 2. The molecular formula is C22H28MgN2O9. The number of nitrogens with zero attached hydrogens (tertiary/aromatic N) is 1. The molecule has 9 N–H and O–H groups in total. The van der Waals surface area contributed by atoms with Gasteiger partial charge in [0.05, 0.1) is 23.6 Å². The van der Waals surface area contributed by atoms with Crippen LogP contribution in [0.3, 0.4) is 0 Å². The fourth-order valence-electron chi connectivity index (χ4n) is 5.58. The molecule has 0 aromatic heterocycles. The average molecular weight is 489 g/mol. The Balaban J connectivity index is 0.00000306. The van der Waals surface area contributed by atoms with Crippen molar-refractivity contribution in [3.63, 3.8) is 0 Å². The van der Waals surface area contributed by atoms with E-state index in [0.717, 1.165) is 0 Å². The Labute approximate surface area is 213 Å². The molecule has 11 nitrogen and oxygen atoms in total. The minimum atomic E-state index is -2.89. The van der Waals surface area contributed by atoms with Gasteiger partial charge in [-0.2, -0.15) is 0 Å². The minimum absolute atomic E-state index is 0. The number of nitrogens with two attached hydrogens (primary N) is 1. The topological polar surface area (TPSA) is 213 Å². The molecule has 1 fully saturated rings.